The number of nitrogens with zero attached hydrogens (tertiary/aromatic N) is 1. The van der Waals surface area contributed by atoms with Crippen LogP contribution in [0.15, 0.2) is 40.9 Å². The summed E-state index contributed by atoms with van der Waals surface area (Å²) in [5.41, 5.74) is 2.76. The van der Waals surface area contributed by atoms with Gasteiger partial charge in [0.15, 0.2) is 4.77 Å². The summed E-state index contributed by atoms with van der Waals surface area (Å²) in [5.74, 6) is 0.794. The summed E-state index contributed by atoms with van der Waals surface area (Å²) in [7, 11) is 0. The summed E-state index contributed by atoms with van der Waals surface area (Å²) in [6, 6.07) is 11.6. The van der Waals surface area contributed by atoms with E-state index in [-0.39, 0.29) is 0 Å². The van der Waals surface area contributed by atoms with Gasteiger partial charge in [-0.2, -0.15) is 0 Å². The first-order valence-corrected chi connectivity index (χ1v) is 8.01. The number of fused-ring (bicyclic) bond motifs is 1. The van der Waals surface area contributed by atoms with E-state index in [1.54, 1.807) is 0 Å². The molecule has 0 aliphatic heterocycles. The van der Waals surface area contributed by atoms with Crippen molar-refractivity contribution >= 4 is 50.8 Å². The molecule has 21 heavy (non-hydrogen) atoms. The number of ether oxygens (including phenoxy) is 1. The summed E-state index contributed by atoms with van der Waals surface area (Å²) in [4.78, 5) is 3.21. The molecule has 3 nitrogen and oxygen atoms in total. The second-order valence-corrected chi connectivity index (χ2v) is 6.10. The molecule has 1 N–H and O–H groups in total. The number of H-pyrrole nitrogens is 1. The Morgan fingerprint density at radius 1 is 1.33 bits per heavy atom. The van der Waals surface area contributed by atoms with Crippen LogP contribution in [0.3, 0.4) is 0 Å². The summed E-state index contributed by atoms with van der Waals surface area (Å²) in [6.45, 7) is 2.56. The van der Waals surface area contributed by atoms with Crippen LogP contribution >= 0.6 is 39.7 Å². The van der Waals surface area contributed by atoms with Gasteiger partial charge in [-0.25, -0.2) is 0 Å². The van der Waals surface area contributed by atoms with Gasteiger partial charge in [0.1, 0.15) is 11.3 Å². The van der Waals surface area contributed by atoms with E-state index in [1.807, 2.05) is 47.9 Å². The number of rotatable bonds is 3. The zero-order valence-corrected chi connectivity index (χ0v) is 14.3. The highest BCUT2D eigenvalue weighted by molar-refractivity contribution is 9.10. The molecule has 0 amide bonds. The largest absolute Gasteiger partial charge is 0.492 e. The molecule has 0 saturated heterocycles. The lowest BCUT2D eigenvalue weighted by molar-refractivity contribution is 0.343. The van der Waals surface area contributed by atoms with Crippen LogP contribution in [0.5, 0.6) is 5.75 Å². The van der Waals surface area contributed by atoms with Crippen LogP contribution in [0.1, 0.15) is 6.92 Å². The van der Waals surface area contributed by atoms with Crippen molar-refractivity contribution < 1.29 is 4.74 Å². The number of aromatic nitrogens is 2. The third kappa shape index (κ3) is 2.61. The van der Waals surface area contributed by atoms with Crippen molar-refractivity contribution in [3.63, 3.8) is 0 Å². The Bertz CT molecular complexity index is 872. The standard InChI is InChI=1S/C15H12BrClN2OS/c1-2-20-13-5-3-4-12-14(13)18-15(21)19(12)9-6-7-10(16)11(17)8-9/h3-8H,2H2,1H3,(H,18,21). The van der Waals surface area contributed by atoms with E-state index in [9.17, 15) is 0 Å². The lowest BCUT2D eigenvalue weighted by Gasteiger charge is -2.07. The molecule has 1 heterocycles. The van der Waals surface area contributed by atoms with Crippen LogP contribution in [0.25, 0.3) is 16.7 Å². The van der Waals surface area contributed by atoms with Crippen LogP contribution < -0.4 is 4.74 Å². The Morgan fingerprint density at radius 2 is 2.14 bits per heavy atom. The normalized spacial score (nSPS) is 11.0. The topological polar surface area (TPSA) is 29.9 Å². The third-order valence-corrected chi connectivity index (χ3v) is 4.66. The van der Waals surface area contributed by atoms with Gasteiger partial charge in [-0.15, -0.1) is 0 Å². The molecule has 0 aliphatic carbocycles. The Morgan fingerprint density at radius 3 is 2.86 bits per heavy atom. The predicted octanol–water partition coefficient (Wildman–Crippen LogP) is 5.50. The van der Waals surface area contributed by atoms with Gasteiger partial charge < -0.3 is 9.72 Å². The van der Waals surface area contributed by atoms with Crippen molar-refractivity contribution in [2.75, 3.05) is 6.61 Å². The molecule has 0 bridgehead atoms. The second-order valence-electron chi connectivity index (χ2n) is 4.45. The Hall–Kier alpha value is -1.30. The van der Waals surface area contributed by atoms with E-state index >= 15 is 0 Å². The maximum absolute atomic E-state index is 6.19. The van der Waals surface area contributed by atoms with Crippen molar-refractivity contribution in [1.82, 2.24) is 9.55 Å². The van der Waals surface area contributed by atoms with Crippen molar-refractivity contribution in [2.45, 2.75) is 6.92 Å². The van der Waals surface area contributed by atoms with Crippen molar-refractivity contribution in [3.8, 4) is 11.4 Å². The van der Waals surface area contributed by atoms with Crippen molar-refractivity contribution in [2.24, 2.45) is 0 Å². The van der Waals surface area contributed by atoms with E-state index in [0.29, 0.717) is 16.4 Å². The number of imidazole rings is 1. The fourth-order valence-electron chi connectivity index (χ4n) is 2.26. The van der Waals surface area contributed by atoms with Gasteiger partial charge in [-0.3, -0.25) is 4.57 Å². The molecule has 2 aromatic carbocycles. The number of hydrogen-bond acceptors (Lipinski definition) is 2. The molecule has 108 valence electrons. The Kier molecular flexibility index (Phi) is 4.06. The quantitative estimate of drug-likeness (QED) is 0.605. The minimum Gasteiger partial charge on any atom is -0.492 e. The fraction of sp³-hybridized carbons (Fsp3) is 0.133. The maximum atomic E-state index is 6.19. The zero-order chi connectivity index (χ0) is 15.0. The molecule has 0 atom stereocenters. The van der Waals surface area contributed by atoms with Gasteiger partial charge in [0.25, 0.3) is 0 Å². The van der Waals surface area contributed by atoms with Gasteiger partial charge in [0, 0.05) is 10.2 Å². The number of nitrogens with one attached hydrogen (secondary N) is 1. The van der Waals surface area contributed by atoms with Crippen LogP contribution in [-0.2, 0) is 0 Å². The van der Waals surface area contributed by atoms with Crippen molar-refractivity contribution in [3.05, 3.63) is 50.7 Å². The molecule has 0 radical (unpaired) electrons. The Balaban J connectivity index is 2.27. The Labute approximate surface area is 140 Å². The molecule has 0 unspecified atom stereocenters. The minimum absolute atomic E-state index is 0.606. The van der Waals surface area contributed by atoms with Gasteiger partial charge in [0.2, 0.25) is 0 Å². The molecule has 6 heteroatoms. The monoisotopic (exact) mass is 382 g/mol. The molecular formula is C15H12BrClN2OS. The average molecular weight is 384 g/mol. The first-order chi connectivity index (χ1) is 10.1. The first kappa shape index (κ1) is 14.6. The predicted molar refractivity (Wildman–Crippen MR) is 92.3 cm³/mol. The lowest BCUT2D eigenvalue weighted by Crippen LogP contribution is -1.95. The summed E-state index contributed by atoms with van der Waals surface area (Å²) in [6.07, 6.45) is 0. The SMILES string of the molecule is CCOc1cccc2c1[nH]c(=S)n2-c1ccc(Br)c(Cl)c1. The smallest absolute Gasteiger partial charge is 0.182 e. The van der Waals surface area contributed by atoms with Gasteiger partial charge in [-0.05, 0) is 65.4 Å². The molecule has 1 aromatic heterocycles. The van der Waals surface area contributed by atoms with Crippen LogP contribution in [0.2, 0.25) is 5.02 Å². The number of para-hydroxylation sites is 1. The van der Waals surface area contributed by atoms with E-state index < -0.39 is 0 Å². The van der Waals surface area contributed by atoms with E-state index in [1.165, 1.54) is 0 Å². The molecule has 0 aliphatic rings. The summed E-state index contributed by atoms with van der Waals surface area (Å²) < 4.78 is 9.05. The van der Waals surface area contributed by atoms with Crippen molar-refractivity contribution in [1.29, 1.82) is 0 Å². The second kappa shape index (κ2) is 5.83. The number of benzene rings is 2. The van der Waals surface area contributed by atoms with E-state index in [0.717, 1.165) is 26.9 Å². The molecular weight excluding hydrogens is 372 g/mol. The highest BCUT2D eigenvalue weighted by Crippen LogP contribution is 2.30. The van der Waals surface area contributed by atoms with Crippen LogP contribution in [-0.4, -0.2) is 16.2 Å². The summed E-state index contributed by atoms with van der Waals surface area (Å²) >= 11 is 15.0. The maximum Gasteiger partial charge on any atom is 0.182 e. The summed E-state index contributed by atoms with van der Waals surface area (Å²) in [5, 5.41) is 0.643. The van der Waals surface area contributed by atoms with Gasteiger partial charge in [0.05, 0.1) is 17.1 Å². The molecule has 0 saturated carbocycles. The fourth-order valence-corrected chi connectivity index (χ4v) is 2.99. The molecule has 3 rings (SSSR count). The van der Waals surface area contributed by atoms with Gasteiger partial charge in [-0.1, -0.05) is 17.7 Å². The first-order valence-electron chi connectivity index (χ1n) is 6.43. The van der Waals surface area contributed by atoms with Crippen LogP contribution in [0.4, 0.5) is 0 Å². The number of halogens is 2. The molecule has 0 fully saturated rings. The lowest BCUT2D eigenvalue weighted by atomic mass is 10.2. The highest BCUT2D eigenvalue weighted by Gasteiger charge is 2.11. The van der Waals surface area contributed by atoms with E-state index in [2.05, 4.69) is 20.9 Å². The zero-order valence-electron chi connectivity index (χ0n) is 11.2. The minimum atomic E-state index is 0.606. The average Bonchev–Trinajstić information content (AvgIpc) is 2.80. The molecule has 0 spiro atoms. The molecule has 3 aromatic rings. The van der Waals surface area contributed by atoms with Crippen LogP contribution in [0, 0.1) is 4.77 Å². The van der Waals surface area contributed by atoms with Gasteiger partial charge >= 0.3 is 0 Å². The third-order valence-electron chi connectivity index (χ3n) is 3.14. The van der Waals surface area contributed by atoms with E-state index in [4.69, 9.17) is 28.6 Å². The highest BCUT2D eigenvalue weighted by atomic mass is 79.9. The number of hydrogen-bond donors (Lipinski definition) is 1. The number of aromatic amines is 1.